The SMILES string of the molecule is CCOC(=S)NC(=O)Nc1nc(OC)cc(OC)n1. The topological polar surface area (TPSA) is 94.6 Å². The van der Waals surface area contributed by atoms with Gasteiger partial charge in [0.25, 0.3) is 5.17 Å². The normalized spacial score (nSPS) is 9.42. The van der Waals surface area contributed by atoms with Gasteiger partial charge in [-0.15, -0.1) is 0 Å². The van der Waals surface area contributed by atoms with E-state index in [1.165, 1.54) is 20.3 Å². The molecule has 0 saturated carbocycles. The van der Waals surface area contributed by atoms with E-state index in [0.29, 0.717) is 6.61 Å². The second kappa shape index (κ2) is 7.31. The van der Waals surface area contributed by atoms with E-state index in [-0.39, 0.29) is 22.9 Å². The van der Waals surface area contributed by atoms with Crippen LogP contribution in [0.4, 0.5) is 10.7 Å². The van der Waals surface area contributed by atoms with Crippen LogP contribution in [0.3, 0.4) is 0 Å². The van der Waals surface area contributed by atoms with Crippen LogP contribution in [0.15, 0.2) is 6.07 Å². The van der Waals surface area contributed by atoms with Crippen molar-refractivity contribution in [3.63, 3.8) is 0 Å². The monoisotopic (exact) mass is 286 g/mol. The van der Waals surface area contributed by atoms with Crippen LogP contribution < -0.4 is 20.1 Å². The molecule has 0 aliphatic rings. The summed E-state index contributed by atoms with van der Waals surface area (Å²) in [6.45, 7) is 2.12. The molecule has 0 aromatic carbocycles. The predicted octanol–water partition coefficient (Wildman–Crippen LogP) is 0.937. The molecule has 1 rings (SSSR count). The highest BCUT2D eigenvalue weighted by molar-refractivity contribution is 7.80. The minimum atomic E-state index is -0.617. The molecule has 2 N–H and O–H groups in total. The Labute approximate surface area is 115 Å². The number of hydrogen-bond acceptors (Lipinski definition) is 7. The minimum absolute atomic E-state index is 0.0213. The number of rotatable bonds is 4. The van der Waals surface area contributed by atoms with Gasteiger partial charge in [0, 0.05) is 0 Å². The molecule has 0 saturated heterocycles. The van der Waals surface area contributed by atoms with Crippen molar-refractivity contribution in [3.05, 3.63) is 6.07 Å². The van der Waals surface area contributed by atoms with Gasteiger partial charge in [-0.25, -0.2) is 4.79 Å². The molecule has 9 heteroatoms. The molecule has 0 fully saturated rings. The number of thiocarbonyl (C=S) groups is 1. The molecule has 0 aliphatic heterocycles. The number of nitrogens with one attached hydrogen (secondary N) is 2. The zero-order valence-electron chi connectivity index (χ0n) is 10.7. The van der Waals surface area contributed by atoms with Crippen molar-refractivity contribution >= 4 is 29.4 Å². The molecule has 0 spiro atoms. The van der Waals surface area contributed by atoms with E-state index < -0.39 is 6.03 Å². The maximum Gasteiger partial charge on any atom is 0.329 e. The highest BCUT2D eigenvalue weighted by Gasteiger charge is 2.10. The largest absolute Gasteiger partial charge is 0.481 e. The van der Waals surface area contributed by atoms with Crippen LogP contribution in [0, 0.1) is 0 Å². The molecule has 104 valence electrons. The Balaban J connectivity index is 2.70. The molecule has 1 heterocycles. The number of amides is 2. The third-order valence-electron chi connectivity index (χ3n) is 1.81. The average molecular weight is 286 g/mol. The van der Waals surface area contributed by atoms with Crippen LogP contribution in [0.2, 0.25) is 0 Å². The summed E-state index contributed by atoms with van der Waals surface area (Å²) in [5.74, 6) is 0.539. The van der Waals surface area contributed by atoms with E-state index in [2.05, 4.69) is 20.6 Å². The molecular weight excluding hydrogens is 272 g/mol. The van der Waals surface area contributed by atoms with Crippen LogP contribution in [-0.4, -0.2) is 42.0 Å². The number of aromatic nitrogens is 2. The van der Waals surface area contributed by atoms with E-state index in [1.807, 2.05) is 0 Å². The van der Waals surface area contributed by atoms with Gasteiger partial charge in [-0.05, 0) is 19.1 Å². The van der Waals surface area contributed by atoms with Crippen molar-refractivity contribution in [2.24, 2.45) is 0 Å². The lowest BCUT2D eigenvalue weighted by atomic mass is 10.6. The lowest BCUT2D eigenvalue weighted by Crippen LogP contribution is -2.35. The van der Waals surface area contributed by atoms with Gasteiger partial charge in [-0.3, -0.25) is 10.6 Å². The number of ether oxygens (including phenoxy) is 3. The molecule has 0 unspecified atom stereocenters. The van der Waals surface area contributed by atoms with Gasteiger partial charge in [-0.2, -0.15) is 9.97 Å². The Morgan fingerprint density at radius 2 is 1.89 bits per heavy atom. The summed E-state index contributed by atoms with van der Waals surface area (Å²) in [7, 11) is 2.88. The molecule has 8 nitrogen and oxygen atoms in total. The average Bonchev–Trinajstić information content (AvgIpc) is 2.38. The van der Waals surface area contributed by atoms with Gasteiger partial charge in [-0.1, -0.05) is 0 Å². The lowest BCUT2D eigenvalue weighted by Gasteiger charge is -2.09. The van der Waals surface area contributed by atoms with Gasteiger partial charge in [0.2, 0.25) is 17.7 Å². The molecule has 1 aromatic rings. The second-order valence-corrected chi connectivity index (χ2v) is 3.45. The van der Waals surface area contributed by atoms with E-state index in [4.69, 9.17) is 26.4 Å². The number of methoxy groups -OCH3 is 2. The summed E-state index contributed by atoms with van der Waals surface area (Å²) in [5, 5.41) is 4.65. The fraction of sp³-hybridized carbons (Fsp3) is 0.400. The second-order valence-electron chi connectivity index (χ2n) is 3.08. The molecule has 0 radical (unpaired) electrons. The summed E-state index contributed by atoms with van der Waals surface area (Å²) >= 11 is 4.76. The van der Waals surface area contributed by atoms with Crippen molar-refractivity contribution in [1.29, 1.82) is 0 Å². The van der Waals surface area contributed by atoms with Crippen molar-refractivity contribution in [3.8, 4) is 11.8 Å². The van der Waals surface area contributed by atoms with Crippen LogP contribution in [-0.2, 0) is 4.74 Å². The fourth-order valence-corrected chi connectivity index (χ4v) is 1.27. The van der Waals surface area contributed by atoms with Crippen molar-refractivity contribution in [1.82, 2.24) is 15.3 Å². The third-order valence-corrected chi connectivity index (χ3v) is 2.03. The standard InChI is InChI=1S/C10H14N4O4S/c1-4-18-10(19)14-9(15)13-8-11-6(16-2)5-7(12-8)17-3/h5H,4H2,1-3H3,(H2,11,12,13,14,15,19). The van der Waals surface area contributed by atoms with E-state index >= 15 is 0 Å². The molecule has 0 atom stereocenters. The summed E-state index contributed by atoms with van der Waals surface area (Å²) < 4.78 is 14.8. The summed E-state index contributed by atoms with van der Waals surface area (Å²) in [4.78, 5) is 19.4. The van der Waals surface area contributed by atoms with E-state index in [9.17, 15) is 4.79 Å². The molecule has 0 aliphatic carbocycles. The van der Waals surface area contributed by atoms with Crippen LogP contribution in [0.25, 0.3) is 0 Å². The summed E-state index contributed by atoms with van der Waals surface area (Å²) in [5.41, 5.74) is 0. The number of carbonyl (C=O) groups excluding carboxylic acids is 1. The Morgan fingerprint density at radius 1 is 1.32 bits per heavy atom. The maximum atomic E-state index is 11.5. The molecule has 19 heavy (non-hydrogen) atoms. The van der Waals surface area contributed by atoms with Gasteiger partial charge in [0.15, 0.2) is 0 Å². The van der Waals surface area contributed by atoms with Gasteiger partial charge in [0.05, 0.1) is 26.9 Å². The predicted molar refractivity (Wildman–Crippen MR) is 71.5 cm³/mol. The molecule has 0 bridgehead atoms. The van der Waals surface area contributed by atoms with Crippen molar-refractivity contribution in [2.75, 3.05) is 26.1 Å². The minimum Gasteiger partial charge on any atom is -0.481 e. The van der Waals surface area contributed by atoms with Crippen LogP contribution in [0.1, 0.15) is 6.92 Å². The molecular formula is C10H14N4O4S. The zero-order chi connectivity index (χ0) is 14.3. The number of urea groups is 1. The zero-order valence-corrected chi connectivity index (χ0v) is 11.5. The lowest BCUT2D eigenvalue weighted by molar-refractivity contribution is 0.251. The first-order valence-corrected chi connectivity index (χ1v) is 5.71. The van der Waals surface area contributed by atoms with E-state index in [0.717, 1.165) is 0 Å². The quantitative estimate of drug-likeness (QED) is 0.795. The van der Waals surface area contributed by atoms with Gasteiger partial charge < -0.3 is 14.2 Å². The van der Waals surface area contributed by atoms with Gasteiger partial charge in [0.1, 0.15) is 0 Å². The first-order chi connectivity index (χ1) is 9.08. The Hall–Kier alpha value is -2.16. The number of hydrogen-bond donors (Lipinski definition) is 2. The third kappa shape index (κ3) is 4.92. The van der Waals surface area contributed by atoms with Crippen molar-refractivity contribution < 1.29 is 19.0 Å². The van der Waals surface area contributed by atoms with Crippen molar-refractivity contribution in [2.45, 2.75) is 6.92 Å². The Morgan fingerprint density at radius 3 is 2.37 bits per heavy atom. The van der Waals surface area contributed by atoms with Crippen LogP contribution >= 0.6 is 12.2 Å². The first-order valence-electron chi connectivity index (χ1n) is 5.30. The summed E-state index contributed by atoms with van der Waals surface area (Å²) in [6.07, 6.45) is 0. The fourth-order valence-electron chi connectivity index (χ4n) is 1.06. The molecule has 2 amide bonds. The number of carbonyl (C=O) groups is 1. The first kappa shape index (κ1) is 14.9. The highest BCUT2D eigenvalue weighted by atomic mass is 32.1. The smallest absolute Gasteiger partial charge is 0.329 e. The highest BCUT2D eigenvalue weighted by Crippen LogP contribution is 2.16. The van der Waals surface area contributed by atoms with Gasteiger partial charge >= 0.3 is 6.03 Å². The van der Waals surface area contributed by atoms with E-state index in [1.54, 1.807) is 6.92 Å². The Kier molecular flexibility index (Phi) is 5.73. The molecule has 1 aromatic heterocycles. The number of anilines is 1. The Bertz CT molecular complexity index is 447. The maximum absolute atomic E-state index is 11.5. The summed E-state index contributed by atoms with van der Waals surface area (Å²) in [6, 6.07) is 0.863. The number of nitrogens with zero attached hydrogens (tertiary/aromatic N) is 2. The van der Waals surface area contributed by atoms with Crippen LogP contribution in [0.5, 0.6) is 11.8 Å².